The molecule has 1 heterocycles. The molecule has 5 nitrogen and oxygen atoms in total. The molecule has 0 unspecified atom stereocenters. The van der Waals surface area contributed by atoms with Gasteiger partial charge < -0.3 is 14.7 Å². The Morgan fingerprint density at radius 1 is 1.00 bits per heavy atom. The number of phenolic OH excluding ortho intramolecular Hbond substituents is 2. The summed E-state index contributed by atoms with van der Waals surface area (Å²) >= 11 is 0. The zero-order chi connectivity index (χ0) is 14.1. The average molecular weight is 268 g/mol. The quantitative estimate of drug-likeness (QED) is 0.746. The number of benzene rings is 2. The molecule has 0 spiro atoms. The first-order valence-corrected chi connectivity index (χ1v) is 6.06. The zero-order valence-electron chi connectivity index (χ0n) is 10.7. The van der Waals surface area contributed by atoms with Gasteiger partial charge in [0.05, 0.1) is 5.56 Å². The molecular weight excluding hydrogens is 256 g/mol. The van der Waals surface area contributed by atoms with Crippen LogP contribution in [0.5, 0.6) is 11.5 Å². The van der Waals surface area contributed by atoms with E-state index in [2.05, 4.69) is 10.1 Å². The van der Waals surface area contributed by atoms with Crippen LogP contribution in [0, 0.1) is 6.92 Å². The second-order valence-electron chi connectivity index (χ2n) is 4.49. The molecule has 3 rings (SSSR count). The van der Waals surface area contributed by atoms with Crippen molar-refractivity contribution < 1.29 is 14.7 Å². The van der Waals surface area contributed by atoms with E-state index in [1.165, 1.54) is 0 Å². The van der Waals surface area contributed by atoms with Crippen LogP contribution in [0.4, 0.5) is 0 Å². The molecule has 0 saturated heterocycles. The standard InChI is InChI=1S/C15H12N2O3/c1-9-2-7-13(19)12(8-9)15-16-14(17-20-15)10-3-5-11(18)6-4-10/h2-8,18-19H,1H3. The van der Waals surface area contributed by atoms with Crippen LogP contribution in [0.3, 0.4) is 0 Å². The molecular formula is C15H12N2O3. The SMILES string of the molecule is Cc1ccc(O)c(-c2nc(-c3ccc(O)cc3)no2)c1. The summed E-state index contributed by atoms with van der Waals surface area (Å²) in [6.07, 6.45) is 0. The maximum Gasteiger partial charge on any atom is 0.262 e. The van der Waals surface area contributed by atoms with E-state index >= 15 is 0 Å². The predicted octanol–water partition coefficient (Wildman–Crippen LogP) is 3.12. The predicted molar refractivity (Wildman–Crippen MR) is 73.2 cm³/mol. The van der Waals surface area contributed by atoms with Gasteiger partial charge in [0.15, 0.2) is 0 Å². The number of aromatic hydroxyl groups is 2. The second-order valence-corrected chi connectivity index (χ2v) is 4.49. The van der Waals surface area contributed by atoms with Crippen molar-refractivity contribution in [3.05, 3.63) is 48.0 Å². The van der Waals surface area contributed by atoms with Crippen molar-refractivity contribution in [1.29, 1.82) is 0 Å². The highest BCUT2D eigenvalue weighted by Crippen LogP contribution is 2.30. The van der Waals surface area contributed by atoms with Crippen molar-refractivity contribution in [2.45, 2.75) is 6.92 Å². The molecule has 2 aromatic carbocycles. The second kappa shape index (κ2) is 4.70. The number of aryl methyl sites for hydroxylation is 1. The maximum absolute atomic E-state index is 9.84. The molecule has 0 aliphatic rings. The molecule has 5 heteroatoms. The molecule has 2 N–H and O–H groups in total. The minimum atomic E-state index is 0.0940. The van der Waals surface area contributed by atoms with E-state index in [9.17, 15) is 10.2 Å². The van der Waals surface area contributed by atoms with E-state index in [1.54, 1.807) is 42.5 Å². The van der Waals surface area contributed by atoms with E-state index in [1.807, 2.05) is 6.92 Å². The number of phenols is 2. The summed E-state index contributed by atoms with van der Waals surface area (Å²) in [5.41, 5.74) is 2.22. The molecule has 100 valence electrons. The molecule has 0 atom stereocenters. The minimum Gasteiger partial charge on any atom is -0.508 e. The minimum absolute atomic E-state index is 0.0940. The van der Waals surface area contributed by atoms with Crippen molar-refractivity contribution in [2.75, 3.05) is 0 Å². The van der Waals surface area contributed by atoms with Crippen molar-refractivity contribution in [3.8, 4) is 34.3 Å². The highest BCUT2D eigenvalue weighted by atomic mass is 16.5. The van der Waals surface area contributed by atoms with Crippen molar-refractivity contribution in [2.24, 2.45) is 0 Å². The lowest BCUT2D eigenvalue weighted by molar-refractivity contribution is 0.425. The van der Waals surface area contributed by atoms with E-state index in [0.29, 0.717) is 11.4 Å². The van der Waals surface area contributed by atoms with Gasteiger partial charge in [-0.25, -0.2) is 0 Å². The van der Waals surface area contributed by atoms with Crippen LogP contribution in [0.15, 0.2) is 47.0 Å². The van der Waals surface area contributed by atoms with Gasteiger partial charge in [0.2, 0.25) is 5.82 Å². The zero-order valence-corrected chi connectivity index (χ0v) is 10.7. The third-order valence-electron chi connectivity index (χ3n) is 2.93. The van der Waals surface area contributed by atoms with Gasteiger partial charge in [-0.15, -0.1) is 0 Å². The van der Waals surface area contributed by atoms with Gasteiger partial charge in [-0.1, -0.05) is 16.8 Å². The summed E-state index contributed by atoms with van der Waals surface area (Å²) in [4.78, 5) is 4.26. The first-order chi connectivity index (χ1) is 9.63. The lowest BCUT2D eigenvalue weighted by Crippen LogP contribution is -1.83. The van der Waals surface area contributed by atoms with Gasteiger partial charge in [-0.3, -0.25) is 0 Å². The summed E-state index contributed by atoms with van der Waals surface area (Å²) in [7, 11) is 0. The third kappa shape index (κ3) is 2.21. The number of hydrogen-bond donors (Lipinski definition) is 2. The number of rotatable bonds is 2. The van der Waals surface area contributed by atoms with Crippen LogP contribution in [0.25, 0.3) is 22.8 Å². The largest absolute Gasteiger partial charge is 0.508 e. The van der Waals surface area contributed by atoms with Crippen LogP contribution in [-0.2, 0) is 0 Å². The van der Waals surface area contributed by atoms with Gasteiger partial charge in [-0.2, -0.15) is 4.98 Å². The van der Waals surface area contributed by atoms with E-state index in [0.717, 1.165) is 11.1 Å². The van der Waals surface area contributed by atoms with E-state index in [4.69, 9.17) is 4.52 Å². The molecule has 0 amide bonds. The Morgan fingerprint density at radius 2 is 1.75 bits per heavy atom. The topological polar surface area (TPSA) is 79.4 Å². The highest BCUT2D eigenvalue weighted by molar-refractivity contribution is 5.65. The normalized spacial score (nSPS) is 10.7. The summed E-state index contributed by atoms with van der Waals surface area (Å²) < 4.78 is 5.19. The Hall–Kier alpha value is -2.82. The van der Waals surface area contributed by atoms with Crippen molar-refractivity contribution >= 4 is 0 Å². The molecule has 0 saturated carbocycles. The number of nitrogens with zero attached hydrogens (tertiary/aromatic N) is 2. The summed E-state index contributed by atoms with van der Waals surface area (Å²) in [5, 5.41) is 23.0. The van der Waals surface area contributed by atoms with Gasteiger partial charge >= 0.3 is 0 Å². The summed E-state index contributed by atoms with van der Waals surface area (Å²) in [5.74, 6) is 0.931. The summed E-state index contributed by atoms with van der Waals surface area (Å²) in [6.45, 7) is 1.92. The van der Waals surface area contributed by atoms with Crippen molar-refractivity contribution in [3.63, 3.8) is 0 Å². The Labute approximate surface area is 115 Å². The molecule has 0 radical (unpaired) electrons. The van der Waals surface area contributed by atoms with E-state index < -0.39 is 0 Å². The molecule has 1 aromatic heterocycles. The van der Waals surface area contributed by atoms with Gasteiger partial charge in [0.25, 0.3) is 5.89 Å². The Bertz CT molecular complexity index is 748. The molecule has 3 aromatic rings. The fraction of sp³-hybridized carbons (Fsp3) is 0.0667. The van der Waals surface area contributed by atoms with Crippen molar-refractivity contribution in [1.82, 2.24) is 10.1 Å². The van der Waals surface area contributed by atoms with Gasteiger partial charge in [0.1, 0.15) is 11.5 Å². The van der Waals surface area contributed by atoms with Crippen LogP contribution in [0.1, 0.15) is 5.56 Å². The number of hydrogen-bond acceptors (Lipinski definition) is 5. The maximum atomic E-state index is 9.84. The summed E-state index contributed by atoms with van der Waals surface area (Å²) in [6, 6.07) is 11.7. The lowest BCUT2D eigenvalue weighted by atomic mass is 10.1. The molecule has 0 aliphatic carbocycles. The van der Waals surface area contributed by atoms with Crippen LogP contribution < -0.4 is 0 Å². The molecule has 20 heavy (non-hydrogen) atoms. The molecule has 0 aliphatic heterocycles. The molecule has 0 fully saturated rings. The smallest absolute Gasteiger partial charge is 0.262 e. The monoisotopic (exact) mass is 268 g/mol. The fourth-order valence-corrected chi connectivity index (χ4v) is 1.88. The fourth-order valence-electron chi connectivity index (χ4n) is 1.88. The van der Waals surface area contributed by atoms with Gasteiger partial charge in [-0.05, 0) is 43.3 Å². The van der Waals surface area contributed by atoms with Crippen LogP contribution >= 0.6 is 0 Å². The van der Waals surface area contributed by atoms with Crippen LogP contribution in [-0.4, -0.2) is 20.4 Å². The Morgan fingerprint density at radius 3 is 2.50 bits per heavy atom. The number of aromatic nitrogens is 2. The average Bonchev–Trinajstić information content (AvgIpc) is 2.92. The van der Waals surface area contributed by atoms with E-state index in [-0.39, 0.29) is 17.4 Å². The van der Waals surface area contributed by atoms with Gasteiger partial charge in [0, 0.05) is 5.56 Å². The highest BCUT2D eigenvalue weighted by Gasteiger charge is 2.14. The van der Waals surface area contributed by atoms with Crippen LogP contribution in [0.2, 0.25) is 0 Å². The molecule has 0 bridgehead atoms. The first-order valence-electron chi connectivity index (χ1n) is 6.06. The Balaban J connectivity index is 2.01. The third-order valence-corrected chi connectivity index (χ3v) is 2.93. The Kier molecular flexibility index (Phi) is 2.87. The lowest BCUT2D eigenvalue weighted by Gasteiger charge is -2.00. The first kappa shape index (κ1) is 12.2.